The minimum absolute atomic E-state index is 0.527. The van der Waals surface area contributed by atoms with Crippen LogP contribution in [0.15, 0.2) is 11.8 Å². The number of aliphatic hydroxyl groups excluding tert-OH is 1. The van der Waals surface area contributed by atoms with Crippen LogP contribution in [-0.2, 0) is 0 Å². The molecule has 0 saturated carbocycles. The molecule has 56 valence electrons. The first kappa shape index (κ1) is 6.23. The van der Waals surface area contributed by atoms with Crippen molar-refractivity contribution in [3.8, 4) is 0 Å². The molecule has 1 fully saturated rings. The van der Waals surface area contributed by atoms with Crippen LogP contribution in [0, 0.1) is 0 Å². The summed E-state index contributed by atoms with van der Waals surface area (Å²) in [5.74, 6) is 0.602. The maximum atomic E-state index is 9.24. The molecule has 10 heavy (non-hydrogen) atoms. The first-order valence-electron chi connectivity index (χ1n) is 3.89. The van der Waals surface area contributed by atoms with E-state index in [1.807, 2.05) is 6.08 Å². The molecule has 0 aromatic heterocycles. The van der Waals surface area contributed by atoms with Crippen LogP contribution in [0.4, 0.5) is 0 Å². The zero-order valence-corrected chi connectivity index (χ0v) is 6.25. The molecule has 2 heterocycles. The fourth-order valence-corrected chi connectivity index (χ4v) is 2.02. The number of hydrogen-bond donors (Lipinski definition) is 1. The molecular formula is C8H13NO. The molecule has 0 spiro atoms. The molecule has 0 aromatic carbocycles. The van der Waals surface area contributed by atoms with Crippen molar-refractivity contribution in [3.63, 3.8) is 0 Å². The van der Waals surface area contributed by atoms with E-state index in [1.165, 1.54) is 12.8 Å². The van der Waals surface area contributed by atoms with Gasteiger partial charge in [0.25, 0.3) is 0 Å². The average Bonchev–Trinajstić information content (AvgIpc) is 2.20. The van der Waals surface area contributed by atoms with Gasteiger partial charge in [-0.1, -0.05) is 0 Å². The predicted octanol–water partition coefficient (Wildman–Crippen LogP) is 1.29. The molecule has 1 N–H and O–H groups in total. The normalized spacial score (nSPS) is 39.9. The van der Waals surface area contributed by atoms with Crippen LogP contribution < -0.4 is 0 Å². The van der Waals surface area contributed by atoms with Gasteiger partial charge in [0.05, 0.1) is 5.76 Å². The number of nitrogens with zero attached hydrogens (tertiary/aromatic N) is 1. The van der Waals surface area contributed by atoms with Crippen molar-refractivity contribution in [2.24, 2.45) is 0 Å². The van der Waals surface area contributed by atoms with Crippen LogP contribution in [0.25, 0.3) is 0 Å². The molecule has 2 bridgehead atoms. The minimum atomic E-state index is 0.527. The number of likely N-dealkylation sites (N-methyl/N-ethyl adjacent to an activating group) is 1. The Labute approximate surface area is 61.1 Å². The zero-order valence-electron chi connectivity index (χ0n) is 6.25. The van der Waals surface area contributed by atoms with Gasteiger partial charge in [-0.3, -0.25) is 4.90 Å². The molecule has 2 aliphatic heterocycles. The van der Waals surface area contributed by atoms with Crippen LogP contribution in [0.5, 0.6) is 0 Å². The number of rotatable bonds is 0. The van der Waals surface area contributed by atoms with E-state index in [-0.39, 0.29) is 0 Å². The maximum absolute atomic E-state index is 9.24. The van der Waals surface area contributed by atoms with Crippen molar-refractivity contribution in [2.75, 3.05) is 7.05 Å². The monoisotopic (exact) mass is 139 g/mol. The Morgan fingerprint density at radius 1 is 1.60 bits per heavy atom. The maximum Gasteiger partial charge on any atom is 0.0914 e. The van der Waals surface area contributed by atoms with E-state index < -0.39 is 0 Å². The Balaban J connectivity index is 2.24. The van der Waals surface area contributed by atoms with Gasteiger partial charge in [0.2, 0.25) is 0 Å². The number of hydrogen-bond acceptors (Lipinski definition) is 2. The molecule has 0 radical (unpaired) electrons. The first-order valence-corrected chi connectivity index (χ1v) is 3.89. The quantitative estimate of drug-likeness (QED) is 0.546. The van der Waals surface area contributed by atoms with Gasteiger partial charge in [0, 0.05) is 18.5 Å². The summed E-state index contributed by atoms with van der Waals surface area (Å²) in [7, 11) is 2.14. The summed E-state index contributed by atoms with van der Waals surface area (Å²) in [5, 5.41) is 9.24. The van der Waals surface area contributed by atoms with Crippen molar-refractivity contribution in [2.45, 2.75) is 31.3 Å². The van der Waals surface area contributed by atoms with Gasteiger partial charge in [0.15, 0.2) is 0 Å². The molecule has 1 saturated heterocycles. The standard InChI is InChI=1S/C8H13NO/c1-9-6-2-3-7(9)5-8(10)4-6/h4,6-7,10H,2-3,5H2,1H3/t6-,7+/m1/s1. The lowest BCUT2D eigenvalue weighted by molar-refractivity contribution is 0.217. The van der Waals surface area contributed by atoms with Gasteiger partial charge < -0.3 is 5.11 Å². The second-order valence-electron chi connectivity index (χ2n) is 3.33. The van der Waals surface area contributed by atoms with Gasteiger partial charge >= 0.3 is 0 Å². The molecular weight excluding hydrogens is 126 g/mol. The fraction of sp³-hybridized carbons (Fsp3) is 0.750. The van der Waals surface area contributed by atoms with E-state index in [9.17, 15) is 5.11 Å². The highest BCUT2D eigenvalue weighted by molar-refractivity contribution is 5.11. The molecule has 2 nitrogen and oxygen atoms in total. The smallest absolute Gasteiger partial charge is 0.0914 e. The van der Waals surface area contributed by atoms with E-state index in [4.69, 9.17) is 0 Å². The molecule has 2 atom stereocenters. The Morgan fingerprint density at radius 2 is 2.40 bits per heavy atom. The van der Waals surface area contributed by atoms with E-state index in [0.29, 0.717) is 17.8 Å². The van der Waals surface area contributed by atoms with Crippen LogP contribution in [-0.4, -0.2) is 29.1 Å². The van der Waals surface area contributed by atoms with Gasteiger partial charge in [0.1, 0.15) is 0 Å². The van der Waals surface area contributed by atoms with E-state index >= 15 is 0 Å². The zero-order chi connectivity index (χ0) is 7.14. The molecule has 0 unspecified atom stereocenters. The van der Waals surface area contributed by atoms with E-state index in [1.54, 1.807) is 0 Å². The third kappa shape index (κ3) is 0.754. The van der Waals surface area contributed by atoms with Gasteiger partial charge in [-0.05, 0) is 26.0 Å². The third-order valence-electron chi connectivity index (χ3n) is 2.72. The lowest BCUT2D eigenvalue weighted by atomic mass is 10.1. The molecule has 0 aliphatic carbocycles. The van der Waals surface area contributed by atoms with Crippen LogP contribution in [0.2, 0.25) is 0 Å². The average molecular weight is 139 g/mol. The Morgan fingerprint density at radius 3 is 3.10 bits per heavy atom. The van der Waals surface area contributed by atoms with Crippen molar-refractivity contribution >= 4 is 0 Å². The largest absolute Gasteiger partial charge is 0.513 e. The summed E-state index contributed by atoms with van der Waals surface area (Å²) < 4.78 is 0. The van der Waals surface area contributed by atoms with Crippen molar-refractivity contribution < 1.29 is 5.11 Å². The van der Waals surface area contributed by atoms with Crippen molar-refractivity contribution in [3.05, 3.63) is 11.8 Å². The molecule has 2 aliphatic rings. The third-order valence-corrected chi connectivity index (χ3v) is 2.72. The second kappa shape index (κ2) is 1.99. The summed E-state index contributed by atoms with van der Waals surface area (Å²) in [5.41, 5.74) is 0. The lowest BCUT2D eigenvalue weighted by Gasteiger charge is -2.27. The highest BCUT2D eigenvalue weighted by atomic mass is 16.3. The fourth-order valence-electron chi connectivity index (χ4n) is 2.02. The second-order valence-corrected chi connectivity index (χ2v) is 3.33. The van der Waals surface area contributed by atoms with Crippen molar-refractivity contribution in [1.29, 1.82) is 0 Å². The number of fused-ring (bicyclic) bond motifs is 2. The first-order chi connectivity index (χ1) is 4.77. The summed E-state index contributed by atoms with van der Waals surface area (Å²) in [6, 6.07) is 1.15. The lowest BCUT2D eigenvalue weighted by Crippen LogP contribution is -2.34. The summed E-state index contributed by atoms with van der Waals surface area (Å²) in [4.78, 5) is 2.36. The number of aliphatic hydroxyl groups is 1. The Bertz CT molecular complexity index is 176. The summed E-state index contributed by atoms with van der Waals surface area (Å²) in [6.45, 7) is 0. The SMILES string of the molecule is CN1[C@H]2CC[C@@H]1C=C(O)C2. The molecule has 2 rings (SSSR count). The van der Waals surface area contributed by atoms with Crippen molar-refractivity contribution in [1.82, 2.24) is 4.90 Å². The topological polar surface area (TPSA) is 23.5 Å². The molecule has 0 amide bonds. The molecule has 2 heteroatoms. The van der Waals surface area contributed by atoms with Crippen LogP contribution in [0.3, 0.4) is 0 Å². The van der Waals surface area contributed by atoms with Gasteiger partial charge in [-0.2, -0.15) is 0 Å². The van der Waals surface area contributed by atoms with E-state index in [0.717, 1.165) is 6.42 Å². The van der Waals surface area contributed by atoms with Gasteiger partial charge in [-0.15, -0.1) is 0 Å². The molecule has 0 aromatic rings. The highest BCUT2D eigenvalue weighted by Gasteiger charge is 2.33. The Hall–Kier alpha value is -0.500. The predicted molar refractivity (Wildman–Crippen MR) is 39.9 cm³/mol. The summed E-state index contributed by atoms with van der Waals surface area (Å²) in [6.07, 6.45) is 5.34. The van der Waals surface area contributed by atoms with Gasteiger partial charge in [-0.25, -0.2) is 0 Å². The highest BCUT2D eigenvalue weighted by Crippen LogP contribution is 2.31. The minimum Gasteiger partial charge on any atom is -0.513 e. The Kier molecular flexibility index (Phi) is 1.24. The summed E-state index contributed by atoms with van der Waals surface area (Å²) >= 11 is 0. The van der Waals surface area contributed by atoms with Crippen LogP contribution >= 0.6 is 0 Å². The van der Waals surface area contributed by atoms with Crippen LogP contribution in [0.1, 0.15) is 19.3 Å². The van der Waals surface area contributed by atoms with E-state index in [2.05, 4.69) is 11.9 Å².